The first-order valence-corrected chi connectivity index (χ1v) is 10.4. The standard InChI is InChI=1S/C22H32O4/c23-20-11-7-10-18(24-15-17-8-3-1-4-9-17)14-19(20)21-16-25-22(26-21)12-5-2-6-13-22/h1,3-4,8-9,18-21,23H,2,5-7,10-16H2/t18-,19-,20?,21+/m0/s1. The van der Waals surface area contributed by atoms with Gasteiger partial charge in [-0.05, 0) is 44.1 Å². The van der Waals surface area contributed by atoms with Crippen LogP contribution in [0.4, 0.5) is 0 Å². The Morgan fingerprint density at radius 3 is 2.65 bits per heavy atom. The lowest BCUT2D eigenvalue weighted by Crippen LogP contribution is -2.38. The maximum Gasteiger partial charge on any atom is 0.168 e. The van der Waals surface area contributed by atoms with Crippen LogP contribution in [0.15, 0.2) is 30.3 Å². The largest absolute Gasteiger partial charge is 0.393 e. The molecule has 144 valence electrons. The van der Waals surface area contributed by atoms with Crippen LogP contribution in [0.2, 0.25) is 0 Å². The molecule has 1 N–H and O–H groups in total. The minimum absolute atomic E-state index is 0.00373. The summed E-state index contributed by atoms with van der Waals surface area (Å²) in [6.07, 6.45) is 9.24. The second-order valence-electron chi connectivity index (χ2n) is 8.26. The minimum atomic E-state index is -0.366. The number of benzene rings is 1. The van der Waals surface area contributed by atoms with E-state index in [1.54, 1.807) is 0 Å². The van der Waals surface area contributed by atoms with E-state index in [9.17, 15) is 5.11 Å². The van der Waals surface area contributed by atoms with E-state index in [2.05, 4.69) is 12.1 Å². The third-order valence-corrected chi connectivity index (χ3v) is 6.35. The number of hydrogen-bond acceptors (Lipinski definition) is 4. The van der Waals surface area contributed by atoms with Crippen molar-refractivity contribution in [1.82, 2.24) is 0 Å². The Hall–Kier alpha value is -0.940. The van der Waals surface area contributed by atoms with Gasteiger partial charge in [0.2, 0.25) is 0 Å². The van der Waals surface area contributed by atoms with Crippen LogP contribution in [0.1, 0.15) is 63.4 Å². The molecule has 1 spiro atoms. The van der Waals surface area contributed by atoms with Gasteiger partial charge in [0.25, 0.3) is 0 Å². The summed E-state index contributed by atoms with van der Waals surface area (Å²) in [7, 11) is 0. The Bertz CT molecular complexity index is 555. The maximum absolute atomic E-state index is 10.7. The first-order chi connectivity index (χ1) is 12.7. The average molecular weight is 360 g/mol. The Morgan fingerprint density at radius 1 is 1.04 bits per heavy atom. The van der Waals surface area contributed by atoms with Gasteiger partial charge in [-0.15, -0.1) is 0 Å². The first kappa shape index (κ1) is 18.4. The summed E-state index contributed by atoms with van der Waals surface area (Å²) < 4.78 is 18.8. The minimum Gasteiger partial charge on any atom is -0.393 e. The summed E-state index contributed by atoms with van der Waals surface area (Å²) in [4.78, 5) is 0. The van der Waals surface area contributed by atoms with E-state index in [0.29, 0.717) is 13.2 Å². The van der Waals surface area contributed by atoms with Crippen molar-refractivity contribution in [2.45, 2.75) is 88.5 Å². The molecule has 3 aliphatic rings. The van der Waals surface area contributed by atoms with E-state index in [4.69, 9.17) is 14.2 Å². The van der Waals surface area contributed by atoms with E-state index >= 15 is 0 Å². The molecule has 1 saturated heterocycles. The zero-order valence-corrected chi connectivity index (χ0v) is 15.6. The van der Waals surface area contributed by atoms with Crippen LogP contribution < -0.4 is 0 Å². The van der Waals surface area contributed by atoms with E-state index in [1.165, 1.54) is 24.8 Å². The molecule has 0 bridgehead atoms. The molecule has 4 nitrogen and oxygen atoms in total. The van der Waals surface area contributed by atoms with Crippen molar-refractivity contribution in [1.29, 1.82) is 0 Å². The molecule has 1 aliphatic heterocycles. The number of hydrogen-bond donors (Lipinski definition) is 1. The summed E-state index contributed by atoms with van der Waals surface area (Å²) in [6.45, 7) is 1.26. The molecule has 4 rings (SSSR count). The van der Waals surface area contributed by atoms with Crippen molar-refractivity contribution < 1.29 is 19.3 Å². The summed E-state index contributed by atoms with van der Waals surface area (Å²) in [6, 6.07) is 10.3. The van der Waals surface area contributed by atoms with Gasteiger partial charge in [0.05, 0.1) is 31.5 Å². The van der Waals surface area contributed by atoms with E-state index in [0.717, 1.165) is 38.5 Å². The van der Waals surface area contributed by atoms with Crippen molar-refractivity contribution in [3.8, 4) is 0 Å². The van der Waals surface area contributed by atoms with Crippen LogP contribution in [-0.2, 0) is 20.8 Å². The molecular weight excluding hydrogens is 328 g/mol. The molecule has 0 amide bonds. The Balaban J connectivity index is 1.36. The third kappa shape index (κ3) is 4.30. The summed E-state index contributed by atoms with van der Waals surface area (Å²) >= 11 is 0. The molecule has 2 saturated carbocycles. The number of rotatable bonds is 4. The fraction of sp³-hybridized carbons (Fsp3) is 0.727. The molecular formula is C22H32O4. The van der Waals surface area contributed by atoms with Crippen LogP contribution in [0, 0.1) is 5.92 Å². The summed E-state index contributed by atoms with van der Waals surface area (Å²) in [5, 5.41) is 10.7. The van der Waals surface area contributed by atoms with Gasteiger partial charge in [0, 0.05) is 18.8 Å². The molecule has 0 radical (unpaired) electrons. The molecule has 4 heteroatoms. The van der Waals surface area contributed by atoms with Crippen molar-refractivity contribution >= 4 is 0 Å². The predicted octanol–water partition coefficient (Wildman–Crippen LogP) is 4.20. The van der Waals surface area contributed by atoms with Gasteiger partial charge in [-0.2, -0.15) is 0 Å². The zero-order valence-electron chi connectivity index (χ0n) is 15.6. The lowest BCUT2D eigenvalue weighted by Gasteiger charge is -2.34. The topological polar surface area (TPSA) is 47.9 Å². The van der Waals surface area contributed by atoms with Gasteiger partial charge in [-0.1, -0.05) is 36.8 Å². The molecule has 26 heavy (non-hydrogen) atoms. The smallest absolute Gasteiger partial charge is 0.168 e. The van der Waals surface area contributed by atoms with Crippen LogP contribution in [-0.4, -0.2) is 35.8 Å². The average Bonchev–Trinajstić information content (AvgIpc) is 2.97. The summed E-state index contributed by atoms with van der Waals surface area (Å²) in [5.74, 6) is -0.255. The molecule has 1 aromatic rings. The fourth-order valence-corrected chi connectivity index (χ4v) is 4.83. The molecule has 0 aromatic heterocycles. The lowest BCUT2D eigenvalue weighted by atomic mass is 9.90. The molecule has 3 fully saturated rings. The fourth-order valence-electron chi connectivity index (χ4n) is 4.83. The second kappa shape index (κ2) is 8.39. The quantitative estimate of drug-likeness (QED) is 0.818. The highest BCUT2D eigenvalue weighted by atomic mass is 16.7. The van der Waals surface area contributed by atoms with Crippen molar-refractivity contribution in [2.75, 3.05) is 6.61 Å². The Labute approximate surface area is 156 Å². The highest BCUT2D eigenvalue weighted by Gasteiger charge is 2.46. The Morgan fingerprint density at radius 2 is 1.85 bits per heavy atom. The predicted molar refractivity (Wildman–Crippen MR) is 99.6 cm³/mol. The molecule has 1 unspecified atom stereocenters. The van der Waals surface area contributed by atoms with Crippen LogP contribution in [0.3, 0.4) is 0 Å². The van der Waals surface area contributed by atoms with Crippen molar-refractivity contribution in [3.63, 3.8) is 0 Å². The van der Waals surface area contributed by atoms with Crippen molar-refractivity contribution in [2.24, 2.45) is 5.92 Å². The van der Waals surface area contributed by atoms with Gasteiger partial charge >= 0.3 is 0 Å². The number of aliphatic hydroxyl groups excluding tert-OH is 1. The van der Waals surface area contributed by atoms with Gasteiger partial charge in [-0.3, -0.25) is 0 Å². The van der Waals surface area contributed by atoms with Gasteiger partial charge in [0.1, 0.15) is 0 Å². The number of aliphatic hydroxyl groups is 1. The van der Waals surface area contributed by atoms with Crippen LogP contribution >= 0.6 is 0 Å². The molecule has 2 aliphatic carbocycles. The Kier molecular flexibility index (Phi) is 5.94. The second-order valence-corrected chi connectivity index (χ2v) is 8.26. The van der Waals surface area contributed by atoms with E-state index < -0.39 is 0 Å². The lowest BCUT2D eigenvalue weighted by molar-refractivity contribution is -0.196. The maximum atomic E-state index is 10.7. The van der Waals surface area contributed by atoms with E-state index in [1.807, 2.05) is 18.2 Å². The summed E-state index contributed by atoms with van der Waals surface area (Å²) in [5.41, 5.74) is 1.20. The monoisotopic (exact) mass is 360 g/mol. The third-order valence-electron chi connectivity index (χ3n) is 6.35. The van der Waals surface area contributed by atoms with E-state index in [-0.39, 0.29) is 30.0 Å². The first-order valence-electron chi connectivity index (χ1n) is 10.4. The number of ether oxygens (including phenoxy) is 3. The molecule has 1 aromatic carbocycles. The highest BCUT2D eigenvalue weighted by Crippen LogP contribution is 2.42. The van der Waals surface area contributed by atoms with Gasteiger partial charge in [-0.25, -0.2) is 0 Å². The molecule has 4 atom stereocenters. The normalized spacial score (nSPS) is 34.7. The highest BCUT2D eigenvalue weighted by molar-refractivity contribution is 5.13. The van der Waals surface area contributed by atoms with Crippen LogP contribution in [0.25, 0.3) is 0 Å². The van der Waals surface area contributed by atoms with Gasteiger partial charge in [0.15, 0.2) is 5.79 Å². The van der Waals surface area contributed by atoms with Crippen molar-refractivity contribution in [3.05, 3.63) is 35.9 Å². The SMILES string of the molecule is OC1CCC[C@H](OCc2ccccc2)C[C@@H]1[C@H]1COC2(CCCCC2)O1. The zero-order chi connectivity index (χ0) is 17.8. The van der Waals surface area contributed by atoms with Gasteiger partial charge < -0.3 is 19.3 Å². The van der Waals surface area contributed by atoms with Crippen LogP contribution in [0.5, 0.6) is 0 Å². The molecule has 1 heterocycles.